The molecule has 0 bridgehead atoms. The second-order valence-electron chi connectivity index (χ2n) is 6.22. The van der Waals surface area contributed by atoms with Gasteiger partial charge in [0, 0.05) is 35.1 Å². The molecule has 0 saturated carbocycles. The van der Waals surface area contributed by atoms with E-state index in [2.05, 4.69) is 64.7 Å². The summed E-state index contributed by atoms with van der Waals surface area (Å²) < 4.78 is 9.64. The Kier molecular flexibility index (Phi) is 2.88. The lowest BCUT2D eigenvalue weighted by atomic mass is 10.1. The second-order valence-corrected chi connectivity index (χ2v) is 6.22. The number of fused-ring (bicyclic) bond motifs is 5. The van der Waals surface area contributed by atoms with E-state index in [9.17, 15) is 0 Å². The largest absolute Gasteiger partial charge is 0.497 e. The number of imidazole rings is 1. The summed E-state index contributed by atoms with van der Waals surface area (Å²) in [4.78, 5) is 4.73. The molecule has 0 N–H and O–H groups in total. The quantitative estimate of drug-likeness (QED) is 0.472. The normalized spacial score (nSPS) is 11.6. The van der Waals surface area contributed by atoms with Crippen molar-refractivity contribution in [3.8, 4) is 17.0 Å². The monoisotopic (exact) mass is 327 g/mol. The lowest BCUT2D eigenvalue weighted by Crippen LogP contribution is -1.93. The number of benzene rings is 2. The van der Waals surface area contributed by atoms with Gasteiger partial charge in [-0.05, 0) is 36.4 Å². The molecule has 0 fully saturated rings. The molecule has 0 saturated heterocycles. The SMILES string of the molecule is COc1ccc(-c2cnc3c4c(ccn23)c2ccccc2n4C)cc1. The molecule has 4 heteroatoms. The molecule has 0 aliphatic rings. The van der Waals surface area contributed by atoms with Gasteiger partial charge in [0.2, 0.25) is 0 Å². The van der Waals surface area contributed by atoms with E-state index >= 15 is 0 Å². The molecule has 0 unspecified atom stereocenters. The van der Waals surface area contributed by atoms with E-state index in [1.165, 1.54) is 16.3 Å². The molecular weight excluding hydrogens is 310 g/mol. The first-order valence-corrected chi connectivity index (χ1v) is 8.25. The summed E-state index contributed by atoms with van der Waals surface area (Å²) in [6, 6.07) is 18.7. The molecule has 4 nitrogen and oxygen atoms in total. The average molecular weight is 327 g/mol. The van der Waals surface area contributed by atoms with Crippen LogP contribution < -0.4 is 4.74 Å². The van der Waals surface area contributed by atoms with Crippen LogP contribution in [0.1, 0.15) is 0 Å². The summed E-state index contributed by atoms with van der Waals surface area (Å²) in [5.74, 6) is 0.855. The van der Waals surface area contributed by atoms with Crippen LogP contribution in [0.5, 0.6) is 5.75 Å². The summed E-state index contributed by atoms with van der Waals surface area (Å²) in [5.41, 5.74) is 5.54. The summed E-state index contributed by atoms with van der Waals surface area (Å²) in [6.07, 6.45) is 4.05. The molecule has 5 aromatic rings. The molecule has 3 aromatic heterocycles. The maximum Gasteiger partial charge on any atom is 0.161 e. The van der Waals surface area contributed by atoms with E-state index < -0.39 is 0 Å². The van der Waals surface area contributed by atoms with Gasteiger partial charge in [0.1, 0.15) is 5.75 Å². The van der Waals surface area contributed by atoms with Crippen molar-refractivity contribution >= 4 is 27.5 Å². The van der Waals surface area contributed by atoms with Crippen molar-refractivity contribution in [2.75, 3.05) is 7.11 Å². The number of nitrogens with zero attached hydrogens (tertiary/aromatic N) is 3. The number of methoxy groups -OCH3 is 1. The highest BCUT2D eigenvalue weighted by Crippen LogP contribution is 2.32. The zero-order chi connectivity index (χ0) is 17.0. The predicted molar refractivity (Wildman–Crippen MR) is 101 cm³/mol. The molecule has 122 valence electrons. The van der Waals surface area contributed by atoms with Gasteiger partial charge in [0.25, 0.3) is 0 Å². The van der Waals surface area contributed by atoms with Crippen LogP contribution in [-0.4, -0.2) is 21.1 Å². The van der Waals surface area contributed by atoms with Crippen LogP contribution >= 0.6 is 0 Å². The third kappa shape index (κ3) is 1.91. The number of hydrogen-bond acceptors (Lipinski definition) is 2. The number of para-hydroxylation sites is 1. The molecule has 25 heavy (non-hydrogen) atoms. The van der Waals surface area contributed by atoms with Crippen molar-refractivity contribution in [2.24, 2.45) is 7.05 Å². The van der Waals surface area contributed by atoms with E-state index in [0.717, 1.165) is 28.2 Å². The molecule has 2 aromatic carbocycles. The number of ether oxygens (including phenoxy) is 1. The first-order valence-electron chi connectivity index (χ1n) is 8.25. The van der Waals surface area contributed by atoms with Gasteiger partial charge in [-0.1, -0.05) is 18.2 Å². The fraction of sp³-hybridized carbons (Fsp3) is 0.0952. The van der Waals surface area contributed by atoms with Crippen molar-refractivity contribution in [1.82, 2.24) is 14.0 Å². The molecule has 0 aliphatic heterocycles. The fourth-order valence-electron chi connectivity index (χ4n) is 3.67. The summed E-state index contributed by atoms with van der Waals surface area (Å²) in [5, 5.41) is 2.49. The molecular formula is C21H17N3O. The number of aryl methyl sites for hydroxylation is 1. The molecule has 5 rings (SSSR count). The molecule has 0 amide bonds. The van der Waals surface area contributed by atoms with Gasteiger partial charge < -0.3 is 9.30 Å². The van der Waals surface area contributed by atoms with Crippen LogP contribution in [0.3, 0.4) is 0 Å². The van der Waals surface area contributed by atoms with Crippen molar-refractivity contribution in [3.05, 3.63) is 67.0 Å². The summed E-state index contributed by atoms with van der Waals surface area (Å²) >= 11 is 0. The molecule has 0 aliphatic carbocycles. The first-order chi connectivity index (χ1) is 12.3. The van der Waals surface area contributed by atoms with Gasteiger partial charge in [0.05, 0.1) is 24.5 Å². The predicted octanol–water partition coefficient (Wildman–Crippen LogP) is 4.65. The van der Waals surface area contributed by atoms with Gasteiger partial charge in [-0.25, -0.2) is 4.98 Å². The minimum absolute atomic E-state index is 0.855. The Labute approximate surface area is 144 Å². The first kappa shape index (κ1) is 14.1. The summed E-state index contributed by atoms with van der Waals surface area (Å²) in [6.45, 7) is 0. The number of aromatic nitrogens is 3. The standard InChI is InChI=1S/C21H17N3O/c1-23-18-6-4-3-5-16(18)17-11-12-24-19(13-22-21(24)20(17)23)14-7-9-15(25-2)10-8-14/h3-13H,1-2H3. The lowest BCUT2D eigenvalue weighted by molar-refractivity contribution is 0.415. The van der Waals surface area contributed by atoms with Crippen LogP contribution in [0.15, 0.2) is 67.0 Å². The Bertz CT molecular complexity index is 1230. The van der Waals surface area contributed by atoms with Crippen molar-refractivity contribution in [3.63, 3.8) is 0 Å². The zero-order valence-electron chi connectivity index (χ0n) is 14.1. The van der Waals surface area contributed by atoms with E-state index in [1.54, 1.807) is 7.11 Å². The van der Waals surface area contributed by atoms with Gasteiger partial charge in [0.15, 0.2) is 5.65 Å². The number of pyridine rings is 1. The Hall–Kier alpha value is -3.27. The van der Waals surface area contributed by atoms with Gasteiger partial charge in [-0.3, -0.25) is 4.40 Å². The Morgan fingerprint density at radius 1 is 0.920 bits per heavy atom. The summed E-state index contributed by atoms with van der Waals surface area (Å²) in [7, 11) is 3.78. The van der Waals surface area contributed by atoms with Crippen molar-refractivity contribution in [1.29, 1.82) is 0 Å². The van der Waals surface area contributed by atoms with Crippen molar-refractivity contribution in [2.45, 2.75) is 0 Å². The third-order valence-corrected chi connectivity index (χ3v) is 4.93. The Morgan fingerprint density at radius 3 is 2.52 bits per heavy atom. The second kappa shape index (κ2) is 5.11. The molecule has 0 spiro atoms. The van der Waals surface area contributed by atoms with Crippen LogP contribution in [0, 0.1) is 0 Å². The van der Waals surface area contributed by atoms with Crippen LogP contribution in [-0.2, 0) is 7.05 Å². The lowest BCUT2D eigenvalue weighted by Gasteiger charge is -2.05. The molecule has 0 atom stereocenters. The molecule has 0 radical (unpaired) electrons. The Balaban J connectivity index is 1.82. The van der Waals surface area contributed by atoms with Gasteiger partial charge >= 0.3 is 0 Å². The van der Waals surface area contributed by atoms with E-state index in [-0.39, 0.29) is 0 Å². The zero-order valence-corrected chi connectivity index (χ0v) is 14.1. The van der Waals surface area contributed by atoms with Crippen LogP contribution in [0.2, 0.25) is 0 Å². The smallest absolute Gasteiger partial charge is 0.161 e. The minimum Gasteiger partial charge on any atom is -0.497 e. The highest BCUT2D eigenvalue weighted by Gasteiger charge is 2.14. The topological polar surface area (TPSA) is 31.5 Å². The molecule has 3 heterocycles. The average Bonchev–Trinajstić information content (AvgIpc) is 3.22. The van der Waals surface area contributed by atoms with Crippen molar-refractivity contribution < 1.29 is 4.74 Å². The maximum absolute atomic E-state index is 5.26. The maximum atomic E-state index is 5.26. The van der Waals surface area contributed by atoms with Crippen LogP contribution in [0.25, 0.3) is 38.7 Å². The number of rotatable bonds is 2. The Morgan fingerprint density at radius 2 is 1.72 bits per heavy atom. The highest BCUT2D eigenvalue weighted by molar-refractivity contribution is 6.12. The van der Waals surface area contributed by atoms with E-state index in [0.29, 0.717) is 0 Å². The van der Waals surface area contributed by atoms with E-state index in [4.69, 9.17) is 9.72 Å². The van der Waals surface area contributed by atoms with Gasteiger partial charge in [-0.2, -0.15) is 0 Å². The van der Waals surface area contributed by atoms with Gasteiger partial charge in [-0.15, -0.1) is 0 Å². The highest BCUT2D eigenvalue weighted by atomic mass is 16.5. The number of hydrogen-bond donors (Lipinski definition) is 0. The van der Waals surface area contributed by atoms with Crippen LogP contribution in [0.4, 0.5) is 0 Å². The minimum atomic E-state index is 0.855. The fourth-order valence-corrected chi connectivity index (χ4v) is 3.67. The third-order valence-electron chi connectivity index (χ3n) is 4.93. The van der Waals surface area contributed by atoms with E-state index in [1.807, 2.05) is 18.3 Å².